The number of nitrogens with two attached hydrogens (primary N) is 1. The number of nitrogens with one attached hydrogen (secondary N) is 3. The van der Waals surface area contributed by atoms with Crippen LogP contribution in [0.25, 0.3) is 0 Å². The molecule has 0 saturated carbocycles. The van der Waals surface area contributed by atoms with Gasteiger partial charge in [0.25, 0.3) is 0 Å². The summed E-state index contributed by atoms with van der Waals surface area (Å²) >= 11 is 0. The fraction of sp³-hybridized carbons (Fsp3) is 0.840. The molecule has 192 valence electrons. The second-order valence-electron chi connectivity index (χ2n) is 9.34. The van der Waals surface area contributed by atoms with Gasteiger partial charge >= 0.3 is 0 Å². The number of hydrogen-bond acceptors (Lipinski definition) is 6. The van der Waals surface area contributed by atoms with Gasteiger partial charge in [-0.3, -0.25) is 24.5 Å². The summed E-state index contributed by atoms with van der Waals surface area (Å²) in [6.45, 7) is 10.4. The fourth-order valence-electron chi connectivity index (χ4n) is 3.49. The third-order valence-electron chi connectivity index (χ3n) is 5.78. The number of Topliss-reactive ketones (excluding diaryl/α,β-unsaturated/α-hetero) is 2. The molecule has 0 aromatic carbocycles. The number of rotatable bonds is 20. The van der Waals surface area contributed by atoms with E-state index in [4.69, 9.17) is 5.73 Å². The average Bonchev–Trinajstić information content (AvgIpc) is 2.77. The first-order valence-corrected chi connectivity index (χ1v) is 12.7. The lowest BCUT2D eigenvalue weighted by molar-refractivity contribution is -0.131. The highest BCUT2D eigenvalue weighted by Crippen LogP contribution is 2.13. The van der Waals surface area contributed by atoms with Gasteiger partial charge in [0, 0.05) is 32.4 Å². The van der Waals surface area contributed by atoms with E-state index in [0.717, 1.165) is 51.4 Å². The lowest BCUT2D eigenvalue weighted by Gasteiger charge is -2.30. The molecule has 0 aliphatic carbocycles. The van der Waals surface area contributed by atoms with E-state index < -0.39 is 17.6 Å². The third-order valence-corrected chi connectivity index (χ3v) is 5.78. The monoisotopic (exact) mass is 468 g/mol. The van der Waals surface area contributed by atoms with E-state index in [9.17, 15) is 19.2 Å². The van der Waals surface area contributed by atoms with Crippen LogP contribution in [0.3, 0.4) is 0 Å². The van der Waals surface area contributed by atoms with Crippen molar-refractivity contribution in [2.45, 2.75) is 123 Å². The van der Waals surface area contributed by atoms with E-state index in [0.29, 0.717) is 13.1 Å². The Hall–Kier alpha value is -1.80. The molecule has 0 radical (unpaired) electrons. The average molecular weight is 469 g/mol. The predicted molar refractivity (Wildman–Crippen MR) is 133 cm³/mol. The molecule has 0 aliphatic rings. The Balaban J connectivity index is 4.74. The minimum Gasteiger partial charge on any atom is -0.356 e. The van der Waals surface area contributed by atoms with Crippen molar-refractivity contribution in [1.82, 2.24) is 16.0 Å². The SMILES string of the molecule is CCCCCCNC(=O)CC(NC(C)(C)C(=O)CC(N)C(=O)NCCCCCC)C(=O)CC. The van der Waals surface area contributed by atoms with E-state index in [1.54, 1.807) is 20.8 Å². The largest absolute Gasteiger partial charge is 0.356 e. The number of unbranched alkanes of at least 4 members (excludes halogenated alkanes) is 6. The summed E-state index contributed by atoms with van der Waals surface area (Å²) in [4.78, 5) is 49.9. The van der Waals surface area contributed by atoms with Gasteiger partial charge in [0.05, 0.1) is 17.6 Å². The lowest BCUT2D eigenvalue weighted by Crippen LogP contribution is -2.56. The molecule has 0 fully saturated rings. The highest BCUT2D eigenvalue weighted by Gasteiger charge is 2.34. The molecule has 0 spiro atoms. The zero-order valence-corrected chi connectivity index (χ0v) is 21.6. The minimum absolute atomic E-state index is 0.0263. The van der Waals surface area contributed by atoms with E-state index in [2.05, 4.69) is 29.8 Å². The van der Waals surface area contributed by atoms with E-state index >= 15 is 0 Å². The maximum Gasteiger partial charge on any atom is 0.237 e. The maximum absolute atomic E-state index is 12.9. The van der Waals surface area contributed by atoms with Crippen LogP contribution in [0.4, 0.5) is 0 Å². The molecular formula is C25H48N4O4. The molecule has 0 saturated heterocycles. The molecule has 0 aromatic rings. The Morgan fingerprint density at radius 2 is 1.33 bits per heavy atom. The molecule has 0 rings (SSSR count). The van der Waals surface area contributed by atoms with Gasteiger partial charge < -0.3 is 16.4 Å². The molecule has 8 nitrogen and oxygen atoms in total. The quantitative estimate of drug-likeness (QED) is 0.203. The van der Waals surface area contributed by atoms with Crippen LogP contribution in [0.2, 0.25) is 0 Å². The summed E-state index contributed by atoms with van der Waals surface area (Å²) in [6, 6.07) is -1.72. The van der Waals surface area contributed by atoms with Crippen molar-refractivity contribution < 1.29 is 19.2 Å². The summed E-state index contributed by atoms with van der Waals surface area (Å²) in [5.74, 6) is -0.969. The van der Waals surface area contributed by atoms with E-state index in [-0.39, 0.29) is 42.6 Å². The molecule has 2 unspecified atom stereocenters. The molecule has 0 bridgehead atoms. The highest BCUT2D eigenvalue weighted by atomic mass is 16.2. The Kier molecular flexibility index (Phi) is 16.7. The van der Waals surface area contributed by atoms with Crippen LogP contribution in [0.15, 0.2) is 0 Å². The van der Waals surface area contributed by atoms with Crippen LogP contribution in [0.1, 0.15) is 105 Å². The molecule has 0 heterocycles. The summed E-state index contributed by atoms with van der Waals surface area (Å²) in [6.07, 6.45) is 8.46. The fourth-order valence-corrected chi connectivity index (χ4v) is 3.49. The molecule has 0 aliphatic heterocycles. The third kappa shape index (κ3) is 14.1. The Bertz CT molecular complexity index is 607. The normalized spacial score (nSPS) is 13.3. The first-order valence-electron chi connectivity index (χ1n) is 12.7. The van der Waals surface area contributed by atoms with Crippen molar-refractivity contribution in [2.75, 3.05) is 13.1 Å². The summed E-state index contributed by atoms with van der Waals surface area (Å²) in [7, 11) is 0. The van der Waals surface area contributed by atoms with Crippen LogP contribution in [0.5, 0.6) is 0 Å². The van der Waals surface area contributed by atoms with Crippen LogP contribution in [-0.2, 0) is 19.2 Å². The second-order valence-corrected chi connectivity index (χ2v) is 9.34. The van der Waals surface area contributed by atoms with Gasteiger partial charge in [0.2, 0.25) is 11.8 Å². The Morgan fingerprint density at radius 3 is 1.85 bits per heavy atom. The van der Waals surface area contributed by atoms with Crippen LogP contribution < -0.4 is 21.7 Å². The Labute approximate surface area is 200 Å². The van der Waals surface area contributed by atoms with Gasteiger partial charge in [-0.05, 0) is 26.7 Å². The van der Waals surface area contributed by atoms with Crippen molar-refractivity contribution in [1.29, 1.82) is 0 Å². The van der Waals surface area contributed by atoms with Gasteiger partial charge in [0.15, 0.2) is 5.78 Å². The maximum atomic E-state index is 12.9. The number of carbonyl (C=O) groups excluding carboxylic acids is 4. The molecule has 33 heavy (non-hydrogen) atoms. The standard InChI is InChI=1S/C25H48N4O4/c1-6-9-11-13-15-27-23(32)18-20(21(30)8-3)29-25(4,5)22(31)17-19(26)24(33)28-16-14-12-10-7-2/h19-20,29H,6-18,26H2,1-5H3,(H,27,32)(H,28,33). The number of amides is 2. The molecule has 2 atom stereocenters. The van der Waals surface area contributed by atoms with Crippen molar-refractivity contribution in [3.05, 3.63) is 0 Å². The number of carbonyl (C=O) groups is 4. The minimum atomic E-state index is -1.10. The summed E-state index contributed by atoms with van der Waals surface area (Å²) < 4.78 is 0. The van der Waals surface area contributed by atoms with Crippen molar-refractivity contribution in [3.8, 4) is 0 Å². The van der Waals surface area contributed by atoms with Gasteiger partial charge in [-0.25, -0.2) is 0 Å². The van der Waals surface area contributed by atoms with Gasteiger partial charge in [-0.2, -0.15) is 0 Å². The van der Waals surface area contributed by atoms with Crippen LogP contribution in [-0.4, -0.2) is 54.1 Å². The van der Waals surface area contributed by atoms with Crippen LogP contribution >= 0.6 is 0 Å². The topological polar surface area (TPSA) is 130 Å². The van der Waals surface area contributed by atoms with Gasteiger partial charge in [0.1, 0.15) is 5.78 Å². The van der Waals surface area contributed by atoms with E-state index in [1.165, 1.54) is 0 Å². The molecular weight excluding hydrogens is 420 g/mol. The number of ketones is 2. The van der Waals surface area contributed by atoms with Crippen molar-refractivity contribution in [3.63, 3.8) is 0 Å². The predicted octanol–water partition coefficient (Wildman–Crippen LogP) is 2.77. The zero-order chi connectivity index (χ0) is 25.3. The molecule has 5 N–H and O–H groups in total. The van der Waals surface area contributed by atoms with Crippen LogP contribution in [0, 0.1) is 0 Å². The first-order chi connectivity index (χ1) is 15.6. The lowest BCUT2D eigenvalue weighted by atomic mass is 9.91. The molecule has 8 heteroatoms. The van der Waals surface area contributed by atoms with Gasteiger partial charge in [-0.1, -0.05) is 59.3 Å². The van der Waals surface area contributed by atoms with E-state index in [1.807, 2.05) is 0 Å². The first kappa shape index (κ1) is 31.2. The van der Waals surface area contributed by atoms with Crippen molar-refractivity contribution >= 4 is 23.4 Å². The van der Waals surface area contributed by atoms with Crippen molar-refractivity contribution in [2.24, 2.45) is 5.73 Å². The molecule has 0 aromatic heterocycles. The summed E-state index contributed by atoms with van der Waals surface area (Å²) in [5, 5.41) is 8.69. The van der Waals surface area contributed by atoms with Gasteiger partial charge in [-0.15, -0.1) is 0 Å². The molecule has 2 amide bonds. The highest BCUT2D eigenvalue weighted by molar-refractivity contribution is 5.95. The smallest absolute Gasteiger partial charge is 0.237 e. The second kappa shape index (κ2) is 17.6. The Morgan fingerprint density at radius 1 is 0.788 bits per heavy atom. The summed E-state index contributed by atoms with van der Waals surface area (Å²) in [5.41, 5.74) is 4.85. The zero-order valence-electron chi connectivity index (χ0n) is 21.6. The number of hydrogen-bond donors (Lipinski definition) is 4.